The number of carbonyl (C=O) groups is 1. The lowest BCUT2D eigenvalue weighted by Gasteiger charge is -2.17. The summed E-state index contributed by atoms with van der Waals surface area (Å²) in [6, 6.07) is 6.84. The van der Waals surface area contributed by atoms with Crippen LogP contribution >= 0.6 is 0 Å². The Bertz CT molecular complexity index is 621. The highest BCUT2D eigenvalue weighted by atomic mass is 32.2. The minimum atomic E-state index is -3.24. The van der Waals surface area contributed by atoms with Crippen molar-refractivity contribution < 1.29 is 18.3 Å². The Balaban J connectivity index is 2.31. The van der Waals surface area contributed by atoms with Crippen LogP contribution in [0.15, 0.2) is 30.3 Å². The third-order valence-corrected chi connectivity index (χ3v) is 4.91. The van der Waals surface area contributed by atoms with Gasteiger partial charge in [-0.25, -0.2) is 13.2 Å². The van der Waals surface area contributed by atoms with E-state index >= 15 is 0 Å². The molecule has 0 radical (unpaired) electrons. The molecule has 1 heterocycles. The maximum atomic E-state index is 12.0. The van der Waals surface area contributed by atoms with Crippen LogP contribution in [0.2, 0.25) is 0 Å². The number of carboxylic acids is 1. The van der Waals surface area contributed by atoms with E-state index < -0.39 is 16.0 Å². The molecule has 19 heavy (non-hydrogen) atoms. The van der Waals surface area contributed by atoms with E-state index in [1.54, 1.807) is 24.3 Å². The molecule has 1 saturated heterocycles. The molecule has 1 aromatic carbocycles. The molecular formula is C13H15NO4S. The molecule has 0 amide bonds. The van der Waals surface area contributed by atoms with E-state index in [2.05, 4.69) is 0 Å². The average Bonchev–Trinajstić information content (AvgIpc) is 2.60. The highest BCUT2D eigenvalue weighted by molar-refractivity contribution is 7.93. The van der Waals surface area contributed by atoms with Crippen molar-refractivity contribution in [1.82, 2.24) is 0 Å². The number of hydrogen-bond donors (Lipinski definition) is 1. The molecule has 2 rings (SSSR count). The molecule has 1 atom stereocenters. The maximum absolute atomic E-state index is 12.0. The molecule has 1 unspecified atom stereocenters. The Hall–Kier alpha value is -1.82. The highest BCUT2D eigenvalue weighted by Gasteiger charge is 2.33. The Morgan fingerprint density at radius 3 is 2.79 bits per heavy atom. The second-order valence-corrected chi connectivity index (χ2v) is 6.62. The fraction of sp³-hybridized carbons (Fsp3) is 0.308. The van der Waals surface area contributed by atoms with Crippen molar-refractivity contribution in [2.75, 3.05) is 16.6 Å². The largest absolute Gasteiger partial charge is 0.478 e. The molecule has 0 aromatic heterocycles. The van der Waals surface area contributed by atoms with Gasteiger partial charge in [-0.3, -0.25) is 4.31 Å². The summed E-state index contributed by atoms with van der Waals surface area (Å²) in [6.07, 6.45) is 2.47. The van der Waals surface area contributed by atoms with E-state index in [9.17, 15) is 13.2 Å². The van der Waals surface area contributed by atoms with Crippen molar-refractivity contribution in [2.45, 2.75) is 6.92 Å². The van der Waals surface area contributed by atoms with E-state index in [4.69, 9.17) is 5.11 Å². The molecule has 102 valence electrons. The Morgan fingerprint density at radius 1 is 1.47 bits per heavy atom. The average molecular weight is 281 g/mol. The van der Waals surface area contributed by atoms with Crippen LogP contribution in [-0.4, -0.2) is 31.8 Å². The molecule has 1 aliphatic heterocycles. The van der Waals surface area contributed by atoms with Crippen LogP contribution in [0.1, 0.15) is 12.5 Å². The van der Waals surface area contributed by atoms with Crippen LogP contribution in [0.3, 0.4) is 0 Å². The molecule has 1 aromatic rings. The van der Waals surface area contributed by atoms with Gasteiger partial charge in [-0.05, 0) is 29.7 Å². The van der Waals surface area contributed by atoms with Crippen molar-refractivity contribution in [3.05, 3.63) is 35.9 Å². The zero-order valence-electron chi connectivity index (χ0n) is 10.5. The number of hydrogen-bond acceptors (Lipinski definition) is 3. The van der Waals surface area contributed by atoms with Crippen molar-refractivity contribution in [3.63, 3.8) is 0 Å². The van der Waals surface area contributed by atoms with Crippen LogP contribution in [-0.2, 0) is 14.8 Å². The molecule has 1 aliphatic rings. The summed E-state index contributed by atoms with van der Waals surface area (Å²) in [7, 11) is -3.24. The summed E-state index contributed by atoms with van der Waals surface area (Å²) in [4.78, 5) is 10.5. The van der Waals surface area contributed by atoms with E-state index in [1.807, 2.05) is 6.92 Å². The standard InChI is InChI=1S/C13H15NO4S/c1-10-8-14(19(17,18)9-10)12-4-2-3-11(7-12)5-6-13(15)16/h2-7,10H,8-9H2,1H3,(H,15,16). The lowest BCUT2D eigenvalue weighted by atomic mass is 10.1. The first-order valence-corrected chi connectivity index (χ1v) is 7.51. The predicted octanol–water partition coefficient (Wildman–Crippen LogP) is 1.57. The van der Waals surface area contributed by atoms with Crippen molar-refractivity contribution in [1.29, 1.82) is 0 Å². The van der Waals surface area contributed by atoms with E-state index in [1.165, 1.54) is 10.4 Å². The van der Waals surface area contributed by atoms with Crippen molar-refractivity contribution in [2.24, 2.45) is 5.92 Å². The number of benzene rings is 1. The van der Waals surface area contributed by atoms with Gasteiger partial charge in [0.15, 0.2) is 0 Å². The summed E-state index contributed by atoms with van der Waals surface area (Å²) in [5.74, 6) is -0.779. The van der Waals surface area contributed by atoms with Gasteiger partial charge < -0.3 is 5.11 Å². The van der Waals surface area contributed by atoms with Crippen LogP contribution in [0.25, 0.3) is 6.08 Å². The number of sulfonamides is 1. The zero-order valence-corrected chi connectivity index (χ0v) is 11.3. The summed E-state index contributed by atoms with van der Waals surface area (Å²) in [5.41, 5.74) is 1.24. The summed E-state index contributed by atoms with van der Waals surface area (Å²) in [6.45, 7) is 2.36. The Morgan fingerprint density at radius 2 is 2.21 bits per heavy atom. The van der Waals surface area contributed by atoms with E-state index in [-0.39, 0.29) is 11.7 Å². The number of anilines is 1. The molecule has 0 spiro atoms. The molecule has 0 bridgehead atoms. The maximum Gasteiger partial charge on any atom is 0.328 e. The van der Waals surface area contributed by atoms with E-state index in [0.29, 0.717) is 17.8 Å². The lowest BCUT2D eigenvalue weighted by molar-refractivity contribution is -0.131. The lowest BCUT2D eigenvalue weighted by Crippen LogP contribution is -2.25. The minimum absolute atomic E-state index is 0.100. The first-order valence-electron chi connectivity index (χ1n) is 5.90. The van der Waals surface area contributed by atoms with Gasteiger partial charge in [-0.1, -0.05) is 19.1 Å². The SMILES string of the molecule is CC1CN(c2cccc(C=CC(=O)O)c2)S(=O)(=O)C1. The second kappa shape index (κ2) is 5.05. The first-order chi connectivity index (χ1) is 8.88. The first kappa shape index (κ1) is 13.6. The van der Waals surface area contributed by atoms with Gasteiger partial charge >= 0.3 is 5.97 Å². The number of carboxylic acid groups (broad SMARTS) is 1. The quantitative estimate of drug-likeness (QED) is 0.853. The van der Waals surface area contributed by atoms with Crippen LogP contribution in [0.4, 0.5) is 5.69 Å². The van der Waals surface area contributed by atoms with Gasteiger partial charge in [0.05, 0.1) is 11.4 Å². The summed E-state index contributed by atoms with van der Waals surface area (Å²) < 4.78 is 25.3. The molecule has 0 saturated carbocycles. The third-order valence-electron chi connectivity index (χ3n) is 2.88. The molecule has 1 fully saturated rings. The molecule has 1 N–H and O–H groups in total. The zero-order chi connectivity index (χ0) is 14.0. The molecule has 0 aliphatic carbocycles. The summed E-state index contributed by atoms with van der Waals surface area (Å²) in [5, 5.41) is 8.58. The normalized spacial score (nSPS) is 21.9. The van der Waals surface area contributed by atoms with Crippen LogP contribution < -0.4 is 4.31 Å². The minimum Gasteiger partial charge on any atom is -0.478 e. The third kappa shape index (κ3) is 3.14. The van der Waals surface area contributed by atoms with Crippen LogP contribution in [0.5, 0.6) is 0 Å². The van der Waals surface area contributed by atoms with Gasteiger partial charge in [0.2, 0.25) is 10.0 Å². The van der Waals surface area contributed by atoms with Gasteiger partial charge in [0.25, 0.3) is 0 Å². The van der Waals surface area contributed by atoms with Crippen molar-refractivity contribution in [3.8, 4) is 0 Å². The Kier molecular flexibility index (Phi) is 3.61. The van der Waals surface area contributed by atoms with E-state index in [0.717, 1.165) is 6.08 Å². The molecular weight excluding hydrogens is 266 g/mol. The smallest absolute Gasteiger partial charge is 0.328 e. The number of nitrogens with zero attached hydrogens (tertiary/aromatic N) is 1. The van der Waals surface area contributed by atoms with Crippen molar-refractivity contribution >= 4 is 27.8 Å². The highest BCUT2D eigenvalue weighted by Crippen LogP contribution is 2.27. The monoisotopic (exact) mass is 281 g/mol. The van der Waals surface area contributed by atoms with Crippen LogP contribution in [0, 0.1) is 5.92 Å². The van der Waals surface area contributed by atoms with Gasteiger partial charge in [-0.15, -0.1) is 0 Å². The fourth-order valence-corrected chi connectivity index (χ4v) is 4.04. The number of rotatable bonds is 3. The fourth-order valence-electron chi connectivity index (χ4n) is 2.12. The topological polar surface area (TPSA) is 74.7 Å². The predicted molar refractivity (Wildman–Crippen MR) is 73.4 cm³/mol. The molecule has 6 heteroatoms. The van der Waals surface area contributed by atoms with Gasteiger partial charge in [0.1, 0.15) is 0 Å². The second-order valence-electron chi connectivity index (χ2n) is 4.68. The Labute approximate surface area is 112 Å². The van der Waals surface area contributed by atoms with Gasteiger partial charge in [-0.2, -0.15) is 0 Å². The molecule has 5 nitrogen and oxygen atoms in total. The van der Waals surface area contributed by atoms with Gasteiger partial charge in [0, 0.05) is 12.6 Å². The summed E-state index contributed by atoms with van der Waals surface area (Å²) >= 11 is 0. The number of aliphatic carboxylic acids is 1.